The Labute approximate surface area is 152 Å². The van der Waals surface area contributed by atoms with Crippen molar-refractivity contribution in [2.75, 3.05) is 25.1 Å². The van der Waals surface area contributed by atoms with Crippen LogP contribution in [0.15, 0.2) is 24.8 Å². The van der Waals surface area contributed by atoms with Crippen molar-refractivity contribution in [2.24, 2.45) is 7.05 Å². The fourth-order valence-electron chi connectivity index (χ4n) is 3.67. The number of methoxy groups -OCH3 is 1. The second-order valence-electron chi connectivity index (χ2n) is 6.98. The predicted octanol–water partition coefficient (Wildman–Crippen LogP) is 1.49. The van der Waals surface area contributed by atoms with Gasteiger partial charge in [0.05, 0.1) is 18.9 Å². The standard InChI is InChI=1S/C18H24N6O2/c1-22-11-13(10-21-22)18(25)23-7-5-15(6-8-23)24(14-3-4-14)16-9-17(26-2)20-12-19-16/h9-12,14-15H,3-8H2,1-2H3. The maximum Gasteiger partial charge on any atom is 0.257 e. The van der Waals surface area contributed by atoms with E-state index in [1.54, 1.807) is 30.5 Å². The Morgan fingerprint density at radius 1 is 1.19 bits per heavy atom. The van der Waals surface area contributed by atoms with E-state index in [-0.39, 0.29) is 5.91 Å². The SMILES string of the molecule is COc1cc(N(C2CC2)C2CCN(C(=O)c3cnn(C)c3)CC2)ncn1. The third-order valence-electron chi connectivity index (χ3n) is 5.14. The van der Waals surface area contributed by atoms with E-state index in [2.05, 4.69) is 20.0 Å². The van der Waals surface area contributed by atoms with Crippen molar-refractivity contribution in [1.29, 1.82) is 0 Å². The summed E-state index contributed by atoms with van der Waals surface area (Å²) in [6.07, 6.45) is 9.24. The largest absolute Gasteiger partial charge is 0.481 e. The highest BCUT2D eigenvalue weighted by Crippen LogP contribution is 2.36. The minimum Gasteiger partial charge on any atom is -0.481 e. The van der Waals surface area contributed by atoms with E-state index in [4.69, 9.17) is 4.74 Å². The summed E-state index contributed by atoms with van der Waals surface area (Å²) in [5.41, 5.74) is 0.658. The summed E-state index contributed by atoms with van der Waals surface area (Å²) in [5, 5.41) is 4.10. The molecule has 1 saturated heterocycles. The Morgan fingerprint density at radius 2 is 1.92 bits per heavy atom. The maximum absolute atomic E-state index is 12.6. The molecule has 2 aromatic rings. The number of aryl methyl sites for hydroxylation is 1. The average Bonchev–Trinajstić information content (AvgIpc) is 3.41. The molecule has 0 atom stereocenters. The molecular weight excluding hydrogens is 332 g/mol. The Kier molecular flexibility index (Phi) is 4.48. The van der Waals surface area contributed by atoms with E-state index in [0.29, 0.717) is 23.5 Å². The van der Waals surface area contributed by atoms with Crippen LogP contribution >= 0.6 is 0 Å². The second kappa shape index (κ2) is 6.93. The summed E-state index contributed by atoms with van der Waals surface area (Å²) in [5.74, 6) is 1.58. The van der Waals surface area contributed by atoms with Crippen LogP contribution in [-0.2, 0) is 7.05 Å². The van der Waals surface area contributed by atoms with Crippen molar-refractivity contribution in [1.82, 2.24) is 24.6 Å². The van der Waals surface area contributed by atoms with Gasteiger partial charge < -0.3 is 14.5 Å². The van der Waals surface area contributed by atoms with Gasteiger partial charge in [-0.2, -0.15) is 5.10 Å². The number of piperidine rings is 1. The van der Waals surface area contributed by atoms with Crippen LogP contribution in [-0.4, -0.2) is 62.8 Å². The van der Waals surface area contributed by atoms with Gasteiger partial charge >= 0.3 is 0 Å². The fraction of sp³-hybridized carbons (Fsp3) is 0.556. The van der Waals surface area contributed by atoms with Gasteiger partial charge in [-0.05, 0) is 25.7 Å². The number of likely N-dealkylation sites (tertiary alicyclic amines) is 1. The minimum atomic E-state index is 0.0678. The number of nitrogens with zero attached hydrogens (tertiary/aromatic N) is 6. The van der Waals surface area contributed by atoms with Gasteiger partial charge in [-0.3, -0.25) is 9.48 Å². The zero-order valence-electron chi connectivity index (χ0n) is 15.2. The lowest BCUT2D eigenvalue weighted by Crippen LogP contribution is -2.48. The molecule has 2 aliphatic rings. The molecule has 0 bridgehead atoms. The van der Waals surface area contributed by atoms with E-state index in [1.165, 1.54) is 12.8 Å². The first kappa shape index (κ1) is 16.8. The average molecular weight is 356 g/mol. The molecule has 3 heterocycles. The molecule has 0 aromatic carbocycles. The zero-order valence-corrected chi connectivity index (χ0v) is 15.2. The summed E-state index contributed by atoms with van der Waals surface area (Å²) in [6, 6.07) is 2.84. The summed E-state index contributed by atoms with van der Waals surface area (Å²) in [6.45, 7) is 1.51. The van der Waals surface area contributed by atoms with Gasteiger partial charge in [0, 0.05) is 44.5 Å². The number of hydrogen-bond acceptors (Lipinski definition) is 6. The summed E-state index contributed by atoms with van der Waals surface area (Å²) < 4.78 is 6.92. The van der Waals surface area contributed by atoms with Crippen LogP contribution in [0, 0.1) is 0 Å². The first-order valence-corrected chi connectivity index (χ1v) is 9.08. The van der Waals surface area contributed by atoms with Crippen LogP contribution in [0.4, 0.5) is 5.82 Å². The van der Waals surface area contributed by atoms with Crippen LogP contribution in [0.25, 0.3) is 0 Å². The number of hydrogen-bond donors (Lipinski definition) is 0. The van der Waals surface area contributed by atoms with Crippen LogP contribution in [0.5, 0.6) is 5.88 Å². The molecule has 8 nitrogen and oxygen atoms in total. The van der Waals surface area contributed by atoms with Crippen molar-refractivity contribution in [2.45, 2.75) is 37.8 Å². The summed E-state index contributed by atoms with van der Waals surface area (Å²) in [7, 11) is 3.45. The highest BCUT2D eigenvalue weighted by atomic mass is 16.5. The maximum atomic E-state index is 12.6. The van der Waals surface area contributed by atoms with E-state index in [9.17, 15) is 4.79 Å². The van der Waals surface area contributed by atoms with Gasteiger partial charge in [0.25, 0.3) is 5.91 Å². The van der Waals surface area contributed by atoms with Gasteiger partial charge in [-0.15, -0.1) is 0 Å². The molecule has 1 saturated carbocycles. The fourth-order valence-corrected chi connectivity index (χ4v) is 3.67. The predicted molar refractivity (Wildman–Crippen MR) is 96.2 cm³/mol. The molecule has 1 aliphatic carbocycles. The number of carbonyl (C=O) groups excluding carboxylic acids is 1. The smallest absolute Gasteiger partial charge is 0.257 e. The quantitative estimate of drug-likeness (QED) is 0.808. The van der Waals surface area contributed by atoms with E-state index >= 15 is 0 Å². The van der Waals surface area contributed by atoms with Crippen LogP contribution in [0.3, 0.4) is 0 Å². The lowest BCUT2D eigenvalue weighted by molar-refractivity contribution is 0.0711. The molecule has 1 aliphatic heterocycles. The molecule has 0 N–H and O–H groups in total. The van der Waals surface area contributed by atoms with Crippen molar-refractivity contribution >= 4 is 11.7 Å². The topological polar surface area (TPSA) is 76.4 Å². The van der Waals surface area contributed by atoms with E-state index in [0.717, 1.165) is 31.7 Å². The normalized spacial score (nSPS) is 18.0. The highest BCUT2D eigenvalue weighted by Gasteiger charge is 2.37. The summed E-state index contributed by atoms with van der Waals surface area (Å²) >= 11 is 0. The minimum absolute atomic E-state index is 0.0678. The van der Waals surface area contributed by atoms with Crippen molar-refractivity contribution in [3.05, 3.63) is 30.4 Å². The number of anilines is 1. The van der Waals surface area contributed by atoms with Gasteiger partial charge in [0.2, 0.25) is 5.88 Å². The van der Waals surface area contributed by atoms with Gasteiger partial charge in [0.1, 0.15) is 12.1 Å². The number of aromatic nitrogens is 4. The Bertz CT molecular complexity index is 779. The molecule has 2 fully saturated rings. The highest BCUT2D eigenvalue weighted by molar-refractivity contribution is 5.93. The molecule has 138 valence electrons. The molecule has 4 rings (SSSR count). The lowest BCUT2D eigenvalue weighted by atomic mass is 10.0. The van der Waals surface area contributed by atoms with Crippen molar-refractivity contribution in [3.63, 3.8) is 0 Å². The molecule has 2 aromatic heterocycles. The first-order chi connectivity index (χ1) is 12.7. The molecule has 26 heavy (non-hydrogen) atoms. The Balaban J connectivity index is 1.44. The summed E-state index contributed by atoms with van der Waals surface area (Å²) in [4.78, 5) is 25.5. The van der Waals surface area contributed by atoms with E-state index < -0.39 is 0 Å². The van der Waals surface area contributed by atoms with E-state index in [1.807, 2.05) is 18.0 Å². The molecule has 0 unspecified atom stereocenters. The zero-order chi connectivity index (χ0) is 18.1. The van der Waals surface area contributed by atoms with Crippen molar-refractivity contribution < 1.29 is 9.53 Å². The lowest BCUT2D eigenvalue weighted by Gasteiger charge is -2.39. The molecule has 8 heteroatoms. The molecular formula is C18H24N6O2. The number of carbonyl (C=O) groups is 1. The van der Waals surface area contributed by atoms with Crippen LogP contribution < -0.4 is 9.64 Å². The van der Waals surface area contributed by atoms with Crippen LogP contribution in [0.2, 0.25) is 0 Å². The molecule has 0 spiro atoms. The van der Waals surface area contributed by atoms with Gasteiger partial charge in [0.15, 0.2) is 0 Å². The number of ether oxygens (including phenoxy) is 1. The van der Waals surface area contributed by atoms with Crippen molar-refractivity contribution in [3.8, 4) is 5.88 Å². The first-order valence-electron chi connectivity index (χ1n) is 9.08. The third-order valence-corrected chi connectivity index (χ3v) is 5.14. The van der Waals surface area contributed by atoms with Gasteiger partial charge in [-0.1, -0.05) is 0 Å². The Hall–Kier alpha value is -2.64. The third kappa shape index (κ3) is 3.36. The number of rotatable bonds is 5. The number of amides is 1. The Morgan fingerprint density at radius 3 is 2.54 bits per heavy atom. The molecule has 0 radical (unpaired) electrons. The van der Waals surface area contributed by atoms with Crippen LogP contribution in [0.1, 0.15) is 36.0 Å². The molecule has 1 amide bonds. The van der Waals surface area contributed by atoms with Gasteiger partial charge in [-0.25, -0.2) is 9.97 Å². The monoisotopic (exact) mass is 356 g/mol. The second-order valence-corrected chi connectivity index (χ2v) is 6.98.